The van der Waals surface area contributed by atoms with E-state index >= 15 is 0 Å². The summed E-state index contributed by atoms with van der Waals surface area (Å²) in [6.45, 7) is 0.935. The Labute approximate surface area is 165 Å². The molecule has 1 atom stereocenters. The van der Waals surface area contributed by atoms with Gasteiger partial charge in [0.1, 0.15) is 5.69 Å². The number of para-hydroxylation sites is 2. The number of nitrogens with zero attached hydrogens (tertiary/aromatic N) is 3. The molecule has 27 heavy (non-hydrogen) atoms. The largest absolute Gasteiger partial charge is 0.389 e. The fraction of sp³-hybridized carbons (Fsp3) is 0.200. The molecule has 0 aliphatic heterocycles. The van der Waals surface area contributed by atoms with Crippen molar-refractivity contribution in [2.24, 2.45) is 0 Å². The highest BCUT2D eigenvalue weighted by molar-refractivity contribution is 7.07. The minimum atomic E-state index is -0.678. The van der Waals surface area contributed by atoms with Gasteiger partial charge in [0.15, 0.2) is 5.82 Å². The first-order chi connectivity index (χ1) is 13.2. The molecule has 1 unspecified atom stereocenters. The van der Waals surface area contributed by atoms with Gasteiger partial charge in [-0.2, -0.15) is 0 Å². The minimum Gasteiger partial charge on any atom is -0.389 e. The molecule has 0 fully saturated rings. The quantitative estimate of drug-likeness (QED) is 0.500. The fourth-order valence-corrected chi connectivity index (χ4v) is 3.68. The van der Waals surface area contributed by atoms with Crippen LogP contribution in [-0.2, 0) is 17.9 Å². The monoisotopic (exact) mass is 399 g/mol. The molecule has 0 bridgehead atoms. The third kappa shape index (κ3) is 4.04. The summed E-state index contributed by atoms with van der Waals surface area (Å²) in [5.41, 5.74) is 5.33. The predicted molar refractivity (Wildman–Crippen MR) is 108 cm³/mol. The molecular weight excluding hydrogens is 382 g/mol. The summed E-state index contributed by atoms with van der Waals surface area (Å²) in [5.74, 6) is 0.752. The second-order valence-corrected chi connectivity index (χ2v) is 7.29. The van der Waals surface area contributed by atoms with Gasteiger partial charge in [-0.1, -0.05) is 41.9 Å². The van der Waals surface area contributed by atoms with Crippen LogP contribution in [0.4, 0.5) is 0 Å². The number of aliphatic hydroxyl groups excluding tert-OH is 1. The van der Waals surface area contributed by atoms with Crippen LogP contribution in [0, 0.1) is 0 Å². The Morgan fingerprint density at radius 1 is 1.15 bits per heavy atom. The molecular formula is C20H18ClN3O2S. The number of fused-ring (bicyclic) bond motifs is 1. The Morgan fingerprint density at radius 3 is 2.78 bits per heavy atom. The first kappa shape index (κ1) is 18.1. The summed E-state index contributed by atoms with van der Waals surface area (Å²) >= 11 is 7.66. The van der Waals surface area contributed by atoms with Crippen molar-refractivity contribution in [3.8, 4) is 11.5 Å². The zero-order valence-corrected chi connectivity index (χ0v) is 16.0. The fourth-order valence-electron chi connectivity index (χ4n) is 2.96. The summed E-state index contributed by atoms with van der Waals surface area (Å²) in [7, 11) is 0. The van der Waals surface area contributed by atoms with Crippen LogP contribution < -0.4 is 0 Å². The molecule has 1 N–H and O–H groups in total. The van der Waals surface area contributed by atoms with Crippen LogP contribution in [0.25, 0.3) is 22.6 Å². The van der Waals surface area contributed by atoms with Crippen LogP contribution in [0.5, 0.6) is 0 Å². The summed E-state index contributed by atoms with van der Waals surface area (Å²) in [5, 5.41) is 13.1. The van der Waals surface area contributed by atoms with E-state index in [0.29, 0.717) is 18.2 Å². The molecule has 0 radical (unpaired) electrons. The van der Waals surface area contributed by atoms with Gasteiger partial charge in [0.2, 0.25) is 0 Å². The second-order valence-electron chi connectivity index (χ2n) is 6.17. The third-order valence-electron chi connectivity index (χ3n) is 4.23. The molecule has 2 aromatic heterocycles. The van der Waals surface area contributed by atoms with Gasteiger partial charge in [-0.25, -0.2) is 9.97 Å². The zero-order valence-electron chi connectivity index (χ0n) is 14.5. The first-order valence-electron chi connectivity index (χ1n) is 8.55. The van der Waals surface area contributed by atoms with Crippen LogP contribution in [0.15, 0.2) is 59.4 Å². The number of thiazole rings is 1. The molecule has 4 aromatic rings. The molecule has 0 aliphatic rings. The average molecular weight is 400 g/mol. The van der Waals surface area contributed by atoms with Crippen LogP contribution in [0.2, 0.25) is 5.02 Å². The summed E-state index contributed by atoms with van der Waals surface area (Å²) in [4.78, 5) is 9.05. The highest BCUT2D eigenvalue weighted by Crippen LogP contribution is 2.25. The van der Waals surface area contributed by atoms with E-state index in [1.807, 2.05) is 58.5 Å². The topological polar surface area (TPSA) is 60.2 Å². The van der Waals surface area contributed by atoms with Gasteiger partial charge < -0.3 is 14.4 Å². The predicted octanol–water partition coefficient (Wildman–Crippen LogP) is 4.39. The van der Waals surface area contributed by atoms with Gasteiger partial charge in [0.05, 0.1) is 42.4 Å². The third-order valence-corrected chi connectivity index (χ3v) is 5.19. The minimum absolute atomic E-state index is 0.203. The van der Waals surface area contributed by atoms with E-state index < -0.39 is 6.10 Å². The lowest BCUT2D eigenvalue weighted by Crippen LogP contribution is -2.22. The Kier molecular flexibility index (Phi) is 5.50. The number of benzene rings is 2. The second kappa shape index (κ2) is 8.19. The Hall–Kier alpha value is -2.25. The van der Waals surface area contributed by atoms with Gasteiger partial charge in [-0.15, -0.1) is 11.3 Å². The SMILES string of the molecule is OC(COCc1ccccc1Cl)Cn1c(-c2cscn2)nc2ccccc21. The number of halogens is 1. The lowest BCUT2D eigenvalue weighted by molar-refractivity contribution is 0.0211. The van der Waals surface area contributed by atoms with E-state index in [9.17, 15) is 5.11 Å². The number of ether oxygens (including phenoxy) is 1. The van der Waals surface area contributed by atoms with E-state index in [2.05, 4.69) is 9.97 Å². The molecule has 0 spiro atoms. The van der Waals surface area contributed by atoms with Crippen molar-refractivity contribution in [1.82, 2.24) is 14.5 Å². The van der Waals surface area contributed by atoms with Gasteiger partial charge >= 0.3 is 0 Å². The number of hydrogen-bond donors (Lipinski definition) is 1. The van der Waals surface area contributed by atoms with E-state index in [1.165, 1.54) is 11.3 Å². The number of aromatic nitrogens is 3. The number of hydrogen-bond acceptors (Lipinski definition) is 5. The molecule has 2 heterocycles. The molecule has 0 aliphatic carbocycles. The van der Waals surface area contributed by atoms with Crippen LogP contribution >= 0.6 is 22.9 Å². The molecule has 2 aromatic carbocycles. The summed E-state index contributed by atoms with van der Waals surface area (Å²) in [6.07, 6.45) is -0.678. The maximum Gasteiger partial charge on any atom is 0.160 e. The van der Waals surface area contributed by atoms with E-state index in [0.717, 1.165) is 28.1 Å². The van der Waals surface area contributed by atoms with Crippen molar-refractivity contribution >= 4 is 34.0 Å². The van der Waals surface area contributed by atoms with Crippen LogP contribution in [0.1, 0.15) is 5.56 Å². The normalized spacial score (nSPS) is 12.5. The number of rotatable bonds is 7. The Morgan fingerprint density at radius 2 is 1.96 bits per heavy atom. The standard InChI is InChI=1S/C20H18ClN3O2S/c21-16-6-2-1-5-14(16)10-26-11-15(25)9-24-19-8-4-3-7-17(19)23-20(24)18-12-27-13-22-18/h1-8,12-13,15,25H,9-11H2. The molecule has 5 nitrogen and oxygen atoms in total. The lowest BCUT2D eigenvalue weighted by atomic mass is 10.2. The van der Waals surface area contributed by atoms with Crippen molar-refractivity contribution in [1.29, 1.82) is 0 Å². The van der Waals surface area contributed by atoms with Crippen molar-refractivity contribution in [2.75, 3.05) is 6.61 Å². The maximum absolute atomic E-state index is 10.5. The molecule has 138 valence electrons. The summed E-state index contributed by atoms with van der Waals surface area (Å²) in [6, 6.07) is 15.4. The molecule has 7 heteroatoms. The molecule has 0 saturated heterocycles. The average Bonchev–Trinajstić information content (AvgIpc) is 3.32. The smallest absolute Gasteiger partial charge is 0.160 e. The Bertz CT molecular complexity index is 1030. The van der Waals surface area contributed by atoms with Crippen LogP contribution in [0.3, 0.4) is 0 Å². The Balaban J connectivity index is 1.49. The van der Waals surface area contributed by atoms with E-state index in [1.54, 1.807) is 5.51 Å². The number of imidazole rings is 1. The highest BCUT2D eigenvalue weighted by Gasteiger charge is 2.17. The molecule has 0 saturated carbocycles. The number of aliphatic hydroxyl groups is 1. The van der Waals surface area contributed by atoms with Crippen molar-refractivity contribution < 1.29 is 9.84 Å². The summed E-state index contributed by atoms with van der Waals surface area (Å²) < 4.78 is 7.67. The molecule has 4 rings (SSSR count). The van der Waals surface area contributed by atoms with Gasteiger partial charge in [-0.3, -0.25) is 0 Å². The van der Waals surface area contributed by atoms with Gasteiger partial charge in [-0.05, 0) is 23.8 Å². The van der Waals surface area contributed by atoms with E-state index in [4.69, 9.17) is 16.3 Å². The zero-order chi connectivity index (χ0) is 18.6. The lowest BCUT2D eigenvalue weighted by Gasteiger charge is -2.15. The molecule has 0 amide bonds. The maximum atomic E-state index is 10.5. The van der Waals surface area contributed by atoms with Crippen molar-refractivity contribution in [3.63, 3.8) is 0 Å². The van der Waals surface area contributed by atoms with E-state index in [-0.39, 0.29) is 6.61 Å². The van der Waals surface area contributed by atoms with Crippen LogP contribution in [-0.4, -0.2) is 32.4 Å². The highest BCUT2D eigenvalue weighted by atomic mass is 35.5. The van der Waals surface area contributed by atoms with Crippen molar-refractivity contribution in [3.05, 3.63) is 70.0 Å². The first-order valence-corrected chi connectivity index (χ1v) is 9.87. The van der Waals surface area contributed by atoms with Gasteiger partial charge in [0.25, 0.3) is 0 Å². The van der Waals surface area contributed by atoms with Gasteiger partial charge in [0, 0.05) is 10.4 Å². The van der Waals surface area contributed by atoms with Crippen molar-refractivity contribution in [2.45, 2.75) is 19.3 Å².